The van der Waals surface area contributed by atoms with Crippen molar-refractivity contribution in [2.75, 3.05) is 0 Å². The number of nitrogens with two attached hydrogens (primary N) is 1. The average molecular weight is 292 g/mol. The van der Waals surface area contributed by atoms with Crippen LogP contribution in [0.5, 0.6) is 0 Å². The molecule has 104 valence electrons. The molecule has 0 radical (unpaired) electrons. The second-order valence-electron chi connectivity index (χ2n) is 4.76. The third-order valence-corrected chi connectivity index (χ3v) is 3.63. The Morgan fingerprint density at radius 1 is 1.40 bits per heavy atom. The van der Waals surface area contributed by atoms with E-state index < -0.39 is 0 Å². The molecule has 0 aliphatic heterocycles. The van der Waals surface area contributed by atoms with Crippen molar-refractivity contribution in [3.8, 4) is 5.82 Å². The average Bonchev–Trinajstić information content (AvgIpc) is 2.91. The first kappa shape index (κ1) is 12.9. The number of hydrogen-bond acceptors (Lipinski definition) is 4. The van der Waals surface area contributed by atoms with E-state index in [2.05, 4.69) is 15.2 Å². The third kappa shape index (κ3) is 2.22. The highest BCUT2D eigenvalue weighted by molar-refractivity contribution is 6.30. The SMILES string of the molecule is NC(=NO)c1cc2c(nc1-n1cc(Cl)cn1)CCCC2. The van der Waals surface area contributed by atoms with Gasteiger partial charge in [-0.3, -0.25) is 0 Å². The quantitative estimate of drug-likeness (QED) is 0.383. The maximum Gasteiger partial charge on any atom is 0.173 e. The van der Waals surface area contributed by atoms with Gasteiger partial charge in [-0.2, -0.15) is 5.10 Å². The summed E-state index contributed by atoms with van der Waals surface area (Å²) in [5.41, 5.74) is 8.52. The summed E-state index contributed by atoms with van der Waals surface area (Å²) in [7, 11) is 0. The molecule has 0 fully saturated rings. The van der Waals surface area contributed by atoms with Crippen molar-refractivity contribution in [3.63, 3.8) is 0 Å². The van der Waals surface area contributed by atoms with Gasteiger partial charge in [-0.05, 0) is 37.3 Å². The molecule has 2 heterocycles. The molecule has 0 saturated carbocycles. The molecule has 0 atom stereocenters. The maximum atomic E-state index is 8.95. The molecule has 0 amide bonds. The lowest BCUT2D eigenvalue weighted by molar-refractivity contribution is 0.318. The summed E-state index contributed by atoms with van der Waals surface area (Å²) >= 11 is 5.90. The topological polar surface area (TPSA) is 89.3 Å². The van der Waals surface area contributed by atoms with Gasteiger partial charge in [0.25, 0.3) is 0 Å². The van der Waals surface area contributed by atoms with E-state index in [1.54, 1.807) is 10.9 Å². The molecule has 20 heavy (non-hydrogen) atoms. The first-order chi connectivity index (χ1) is 9.69. The van der Waals surface area contributed by atoms with Crippen LogP contribution in [0.3, 0.4) is 0 Å². The largest absolute Gasteiger partial charge is 0.409 e. The van der Waals surface area contributed by atoms with E-state index in [1.165, 1.54) is 6.20 Å². The molecule has 2 aromatic heterocycles. The number of aryl methyl sites for hydroxylation is 2. The number of pyridine rings is 1. The zero-order valence-electron chi connectivity index (χ0n) is 10.8. The van der Waals surface area contributed by atoms with Crippen molar-refractivity contribution < 1.29 is 5.21 Å². The van der Waals surface area contributed by atoms with Crippen molar-refractivity contribution in [2.24, 2.45) is 10.9 Å². The van der Waals surface area contributed by atoms with E-state index in [0.717, 1.165) is 36.9 Å². The number of oxime groups is 1. The fourth-order valence-corrected chi connectivity index (χ4v) is 2.59. The molecule has 2 aromatic rings. The Bertz CT molecular complexity index is 679. The van der Waals surface area contributed by atoms with Crippen molar-refractivity contribution in [2.45, 2.75) is 25.7 Å². The van der Waals surface area contributed by atoms with E-state index >= 15 is 0 Å². The predicted molar refractivity (Wildman–Crippen MR) is 75.5 cm³/mol. The lowest BCUT2D eigenvalue weighted by Crippen LogP contribution is -2.20. The number of aromatic nitrogens is 3. The van der Waals surface area contributed by atoms with Gasteiger partial charge >= 0.3 is 0 Å². The number of fused-ring (bicyclic) bond motifs is 1. The molecule has 0 saturated heterocycles. The summed E-state index contributed by atoms with van der Waals surface area (Å²) in [6, 6.07) is 1.93. The Balaban J connectivity index is 2.20. The second kappa shape index (κ2) is 5.13. The van der Waals surface area contributed by atoms with Crippen LogP contribution in [0, 0.1) is 0 Å². The Morgan fingerprint density at radius 3 is 2.90 bits per heavy atom. The Labute approximate surface area is 120 Å². The molecule has 0 spiro atoms. The first-order valence-corrected chi connectivity index (χ1v) is 6.78. The summed E-state index contributed by atoms with van der Waals surface area (Å²) in [6.45, 7) is 0. The Hall–Kier alpha value is -2.08. The molecule has 7 heteroatoms. The maximum absolute atomic E-state index is 8.95. The number of nitrogens with zero attached hydrogens (tertiary/aromatic N) is 4. The first-order valence-electron chi connectivity index (χ1n) is 6.40. The fraction of sp³-hybridized carbons (Fsp3) is 0.308. The molecule has 1 aliphatic carbocycles. The minimum absolute atomic E-state index is 0.0208. The lowest BCUT2D eigenvalue weighted by Gasteiger charge is -2.18. The Kier molecular flexibility index (Phi) is 3.31. The number of rotatable bonds is 2. The van der Waals surface area contributed by atoms with Crippen LogP contribution in [0.15, 0.2) is 23.6 Å². The van der Waals surface area contributed by atoms with Gasteiger partial charge in [0.1, 0.15) is 0 Å². The van der Waals surface area contributed by atoms with Crippen LogP contribution in [-0.4, -0.2) is 25.8 Å². The number of halogens is 1. The van der Waals surface area contributed by atoms with Crippen LogP contribution in [0.2, 0.25) is 5.02 Å². The highest BCUT2D eigenvalue weighted by atomic mass is 35.5. The van der Waals surface area contributed by atoms with Crippen molar-refractivity contribution in [1.29, 1.82) is 0 Å². The van der Waals surface area contributed by atoms with Crippen molar-refractivity contribution in [3.05, 3.63) is 40.3 Å². The van der Waals surface area contributed by atoms with Crippen LogP contribution >= 0.6 is 11.6 Å². The van der Waals surface area contributed by atoms with E-state index in [9.17, 15) is 0 Å². The summed E-state index contributed by atoms with van der Waals surface area (Å²) in [5, 5.41) is 16.7. The summed E-state index contributed by atoms with van der Waals surface area (Å²) in [6.07, 6.45) is 7.34. The van der Waals surface area contributed by atoms with Gasteiger partial charge in [0.05, 0.1) is 23.0 Å². The van der Waals surface area contributed by atoms with E-state index in [0.29, 0.717) is 16.4 Å². The molecule has 0 aromatic carbocycles. The molecular weight excluding hydrogens is 278 g/mol. The molecule has 0 bridgehead atoms. The second-order valence-corrected chi connectivity index (χ2v) is 5.20. The summed E-state index contributed by atoms with van der Waals surface area (Å²) in [4.78, 5) is 4.64. The standard InChI is InChI=1S/C13H14ClN5O/c14-9-6-16-19(7-9)13-10(12(15)18-20)5-8-3-1-2-4-11(8)17-13/h5-7,20H,1-4H2,(H2,15,18). The van der Waals surface area contributed by atoms with Gasteiger partial charge < -0.3 is 10.9 Å². The smallest absolute Gasteiger partial charge is 0.173 e. The summed E-state index contributed by atoms with van der Waals surface area (Å²) in [5.74, 6) is 0.556. The molecule has 1 aliphatic rings. The van der Waals surface area contributed by atoms with Crippen LogP contribution in [0.1, 0.15) is 29.7 Å². The van der Waals surface area contributed by atoms with Gasteiger partial charge in [-0.1, -0.05) is 16.8 Å². The van der Waals surface area contributed by atoms with Crippen LogP contribution in [0.4, 0.5) is 0 Å². The normalized spacial score (nSPS) is 15.2. The fourth-order valence-electron chi connectivity index (χ4n) is 2.46. The number of amidine groups is 1. The molecule has 0 unspecified atom stereocenters. The lowest BCUT2D eigenvalue weighted by atomic mass is 9.94. The predicted octanol–water partition coefficient (Wildman–Crippen LogP) is 1.89. The molecule has 3 N–H and O–H groups in total. The van der Waals surface area contributed by atoms with Gasteiger partial charge in [-0.25, -0.2) is 9.67 Å². The third-order valence-electron chi connectivity index (χ3n) is 3.43. The van der Waals surface area contributed by atoms with Gasteiger partial charge in [0, 0.05) is 5.69 Å². The Morgan fingerprint density at radius 2 is 2.20 bits per heavy atom. The van der Waals surface area contributed by atoms with Crippen LogP contribution in [-0.2, 0) is 12.8 Å². The van der Waals surface area contributed by atoms with E-state index in [1.807, 2.05) is 6.07 Å². The highest BCUT2D eigenvalue weighted by Gasteiger charge is 2.19. The summed E-state index contributed by atoms with van der Waals surface area (Å²) < 4.78 is 1.55. The highest BCUT2D eigenvalue weighted by Crippen LogP contribution is 2.24. The molecule has 6 nitrogen and oxygen atoms in total. The van der Waals surface area contributed by atoms with Gasteiger partial charge in [0.2, 0.25) is 0 Å². The van der Waals surface area contributed by atoms with E-state index in [-0.39, 0.29) is 5.84 Å². The monoisotopic (exact) mass is 291 g/mol. The zero-order chi connectivity index (χ0) is 14.1. The van der Waals surface area contributed by atoms with Gasteiger partial charge in [-0.15, -0.1) is 0 Å². The zero-order valence-corrected chi connectivity index (χ0v) is 11.5. The van der Waals surface area contributed by atoms with Crippen LogP contribution < -0.4 is 5.73 Å². The number of hydrogen-bond donors (Lipinski definition) is 2. The minimum Gasteiger partial charge on any atom is -0.409 e. The van der Waals surface area contributed by atoms with Crippen molar-refractivity contribution in [1.82, 2.24) is 14.8 Å². The van der Waals surface area contributed by atoms with Crippen LogP contribution in [0.25, 0.3) is 5.82 Å². The molecular formula is C13H14ClN5O. The van der Waals surface area contributed by atoms with Gasteiger partial charge in [0.15, 0.2) is 11.7 Å². The minimum atomic E-state index is 0.0208. The van der Waals surface area contributed by atoms with E-state index in [4.69, 9.17) is 22.5 Å². The van der Waals surface area contributed by atoms with Crippen molar-refractivity contribution >= 4 is 17.4 Å². The molecule has 3 rings (SSSR count).